The van der Waals surface area contributed by atoms with E-state index in [9.17, 15) is 4.79 Å². The smallest absolute Gasteiger partial charge is 0.223 e. The molecule has 1 unspecified atom stereocenters. The lowest BCUT2D eigenvalue weighted by Crippen LogP contribution is -2.53. The Hall–Kier alpha value is -0.720. The van der Waals surface area contributed by atoms with Crippen LogP contribution in [-0.2, 0) is 4.79 Å². The van der Waals surface area contributed by atoms with Crippen molar-refractivity contribution in [3.63, 3.8) is 0 Å². The van der Waals surface area contributed by atoms with Crippen molar-refractivity contribution in [2.75, 3.05) is 46.8 Å². The zero-order chi connectivity index (χ0) is 14.4. The van der Waals surface area contributed by atoms with Crippen LogP contribution in [0, 0.1) is 0 Å². The summed E-state index contributed by atoms with van der Waals surface area (Å²) in [5, 5.41) is 0. The summed E-state index contributed by atoms with van der Waals surface area (Å²) in [5.41, 5.74) is 5.77. The molecule has 0 bridgehead atoms. The zero-order valence-corrected chi connectivity index (χ0v) is 13.1. The molecule has 1 saturated heterocycles. The third-order valence-corrected chi connectivity index (χ3v) is 3.98. The van der Waals surface area contributed by atoms with Gasteiger partial charge in [0.05, 0.1) is 11.0 Å². The van der Waals surface area contributed by atoms with Crippen molar-refractivity contribution in [2.24, 2.45) is 5.73 Å². The molecule has 1 aliphatic rings. The molecule has 19 heavy (non-hydrogen) atoms. The molecular formula is C13H26N4OS. The number of hydrogen-bond acceptors (Lipinski definition) is 4. The van der Waals surface area contributed by atoms with Crippen molar-refractivity contribution < 1.29 is 4.79 Å². The van der Waals surface area contributed by atoms with E-state index >= 15 is 0 Å². The van der Waals surface area contributed by atoms with Crippen LogP contribution in [-0.4, -0.2) is 78.5 Å². The molecule has 0 aromatic heterocycles. The number of thiocarbonyl (C=S) groups is 1. The van der Waals surface area contributed by atoms with E-state index in [2.05, 4.69) is 16.7 Å². The molecule has 1 amide bonds. The van der Waals surface area contributed by atoms with Crippen LogP contribution in [0.25, 0.3) is 0 Å². The molecule has 0 spiro atoms. The minimum Gasteiger partial charge on any atom is -0.392 e. The maximum atomic E-state index is 11.5. The van der Waals surface area contributed by atoms with E-state index in [1.807, 2.05) is 0 Å². The number of carbonyl (C=O) groups excluding carboxylic acids is 1. The third kappa shape index (κ3) is 5.04. The van der Waals surface area contributed by atoms with Crippen molar-refractivity contribution in [1.82, 2.24) is 14.7 Å². The van der Waals surface area contributed by atoms with Crippen LogP contribution in [0.1, 0.15) is 19.8 Å². The van der Waals surface area contributed by atoms with E-state index in [0.29, 0.717) is 11.4 Å². The number of piperazine rings is 1. The van der Waals surface area contributed by atoms with E-state index in [0.717, 1.165) is 39.1 Å². The van der Waals surface area contributed by atoms with Gasteiger partial charge in [-0.15, -0.1) is 0 Å². The molecule has 0 aromatic rings. The summed E-state index contributed by atoms with van der Waals surface area (Å²) in [7, 11) is 3.60. The lowest BCUT2D eigenvalue weighted by molar-refractivity contribution is -0.129. The highest BCUT2D eigenvalue weighted by Gasteiger charge is 2.24. The van der Waals surface area contributed by atoms with Gasteiger partial charge in [-0.2, -0.15) is 0 Å². The highest BCUT2D eigenvalue weighted by molar-refractivity contribution is 7.80. The Balaban J connectivity index is 2.32. The van der Waals surface area contributed by atoms with Gasteiger partial charge in [0.25, 0.3) is 0 Å². The Morgan fingerprint density at radius 1 is 1.32 bits per heavy atom. The summed E-state index contributed by atoms with van der Waals surface area (Å²) in [4.78, 5) is 18.5. The van der Waals surface area contributed by atoms with Crippen LogP contribution >= 0.6 is 12.2 Å². The summed E-state index contributed by atoms with van der Waals surface area (Å²) in [5.74, 6) is 0.192. The third-order valence-electron chi connectivity index (χ3n) is 3.70. The van der Waals surface area contributed by atoms with Gasteiger partial charge in [-0.3, -0.25) is 9.69 Å². The van der Waals surface area contributed by atoms with Crippen molar-refractivity contribution in [3.05, 3.63) is 0 Å². The SMILES string of the molecule is CCC(C(N)=S)N1CCN(CCC(=O)N(C)C)CC1. The predicted molar refractivity (Wildman–Crippen MR) is 82.2 cm³/mol. The topological polar surface area (TPSA) is 52.8 Å². The first-order valence-electron chi connectivity index (χ1n) is 6.91. The van der Waals surface area contributed by atoms with Gasteiger partial charge in [-0.25, -0.2) is 0 Å². The van der Waals surface area contributed by atoms with Crippen molar-refractivity contribution in [1.29, 1.82) is 0 Å². The molecule has 0 radical (unpaired) electrons. The lowest BCUT2D eigenvalue weighted by Gasteiger charge is -2.38. The van der Waals surface area contributed by atoms with Gasteiger partial charge in [0, 0.05) is 53.2 Å². The summed E-state index contributed by atoms with van der Waals surface area (Å²) in [6, 6.07) is 0.223. The molecule has 1 atom stereocenters. The quantitative estimate of drug-likeness (QED) is 0.704. The zero-order valence-electron chi connectivity index (χ0n) is 12.3. The fraction of sp³-hybridized carbons (Fsp3) is 0.846. The van der Waals surface area contributed by atoms with Gasteiger partial charge in [0.15, 0.2) is 0 Å². The van der Waals surface area contributed by atoms with E-state index < -0.39 is 0 Å². The van der Waals surface area contributed by atoms with Gasteiger partial charge >= 0.3 is 0 Å². The van der Waals surface area contributed by atoms with Gasteiger partial charge in [-0.05, 0) is 6.42 Å². The predicted octanol–water partition coefficient (Wildman–Crippen LogP) is 0.147. The molecule has 2 N–H and O–H groups in total. The van der Waals surface area contributed by atoms with Crippen molar-refractivity contribution in [2.45, 2.75) is 25.8 Å². The number of carbonyl (C=O) groups is 1. The highest BCUT2D eigenvalue weighted by atomic mass is 32.1. The number of amides is 1. The molecule has 0 saturated carbocycles. The number of rotatable bonds is 6. The fourth-order valence-electron chi connectivity index (χ4n) is 2.42. The minimum absolute atomic E-state index is 0.192. The molecule has 5 nitrogen and oxygen atoms in total. The van der Waals surface area contributed by atoms with Crippen LogP contribution in [0.3, 0.4) is 0 Å². The molecule has 1 rings (SSSR count). The summed E-state index contributed by atoms with van der Waals surface area (Å²) >= 11 is 5.11. The first-order chi connectivity index (χ1) is 8.95. The maximum absolute atomic E-state index is 11.5. The molecule has 6 heteroatoms. The van der Waals surface area contributed by atoms with E-state index in [1.165, 1.54) is 0 Å². The van der Waals surface area contributed by atoms with Gasteiger partial charge < -0.3 is 15.5 Å². The normalized spacial score (nSPS) is 19.1. The fourth-order valence-corrected chi connectivity index (χ4v) is 2.73. The van der Waals surface area contributed by atoms with Crippen LogP contribution in [0.2, 0.25) is 0 Å². The van der Waals surface area contributed by atoms with Crippen LogP contribution < -0.4 is 5.73 Å². The molecule has 1 aliphatic heterocycles. The molecule has 1 heterocycles. The highest BCUT2D eigenvalue weighted by Crippen LogP contribution is 2.10. The van der Waals surface area contributed by atoms with Crippen LogP contribution in [0.4, 0.5) is 0 Å². The van der Waals surface area contributed by atoms with Gasteiger partial charge in [0.1, 0.15) is 0 Å². The second-order valence-electron chi connectivity index (χ2n) is 5.24. The second-order valence-corrected chi connectivity index (χ2v) is 5.71. The standard InChI is InChI=1S/C13H26N4OS/c1-4-11(13(14)19)17-9-7-16(8-10-17)6-5-12(18)15(2)3/h11H,4-10H2,1-3H3,(H2,14,19). The van der Waals surface area contributed by atoms with E-state index in [-0.39, 0.29) is 11.9 Å². The summed E-state index contributed by atoms with van der Waals surface area (Å²) < 4.78 is 0. The molecule has 0 aromatic carbocycles. The first kappa shape index (κ1) is 16.3. The molecule has 110 valence electrons. The monoisotopic (exact) mass is 286 g/mol. The average molecular weight is 286 g/mol. The van der Waals surface area contributed by atoms with Gasteiger partial charge in [-0.1, -0.05) is 19.1 Å². The molecule has 1 fully saturated rings. The lowest BCUT2D eigenvalue weighted by atomic mass is 10.1. The number of nitrogens with two attached hydrogens (primary N) is 1. The number of hydrogen-bond donors (Lipinski definition) is 1. The Morgan fingerprint density at radius 2 is 1.89 bits per heavy atom. The van der Waals surface area contributed by atoms with Crippen molar-refractivity contribution >= 4 is 23.1 Å². The average Bonchev–Trinajstić information content (AvgIpc) is 2.37. The Kier molecular flexibility index (Phi) is 6.68. The molecule has 0 aliphatic carbocycles. The summed E-state index contributed by atoms with van der Waals surface area (Å²) in [6.45, 7) is 6.89. The second kappa shape index (κ2) is 7.77. The largest absolute Gasteiger partial charge is 0.392 e. The van der Waals surface area contributed by atoms with Crippen LogP contribution in [0.15, 0.2) is 0 Å². The van der Waals surface area contributed by atoms with E-state index in [1.54, 1.807) is 19.0 Å². The summed E-state index contributed by atoms with van der Waals surface area (Å²) in [6.07, 6.45) is 1.56. The molecular weight excluding hydrogens is 260 g/mol. The Bertz CT molecular complexity index is 314. The maximum Gasteiger partial charge on any atom is 0.223 e. The minimum atomic E-state index is 0.192. The number of nitrogens with zero attached hydrogens (tertiary/aromatic N) is 3. The van der Waals surface area contributed by atoms with Crippen molar-refractivity contribution in [3.8, 4) is 0 Å². The Morgan fingerprint density at radius 3 is 2.32 bits per heavy atom. The van der Waals surface area contributed by atoms with Crippen LogP contribution in [0.5, 0.6) is 0 Å². The first-order valence-corrected chi connectivity index (χ1v) is 7.32. The van der Waals surface area contributed by atoms with E-state index in [4.69, 9.17) is 18.0 Å². The van der Waals surface area contributed by atoms with Gasteiger partial charge in [0.2, 0.25) is 5.91 Å². The Labute approximate surface area is 121 Å².